The number of hydrogen-bond acceptors (Lipinski definition) is 2. The van der Waals surface area contributed by atoms with Crippen molar-refractivity contribution in [2.75, 3.05) is 0 Å². The van der Waals surface area contributed by atoms with Gasteiger partial charge in [-0.25, -0.2) is 0 Å². The van der Waals surface area contributed by atoms with Crippen LogP contribution in [-0.2, 0) is 12.8 Å². The minimum absolute atomic E-state index is 0.204. The van der Waals surface area contributed by atoms with Gasteiger partial charge >= 0.3 is 0 Å². The van der Waals surface area contributed by atoms with E-state index < -0.39 is 0 Å². The third kappa shape index (κ3) is 1.76. The zero-order chi connectivity index (χ0) is 10.8. The monoisotopic (exact) mass is 204 g/mol. The molecule has 0 fully saturated rings. The van der Waals surface area contributed by atoms with Gasteiger partial charge in [0.15, 0.2) is 5.78 Å². The first-order valence-corrected chi connectivity index (χ1v) is 5.61. The molecule has 0 unspecified atom stereocenters. The molecule has 0 heterocycles. The molecule has 15 heavy (non-hydrogen) atoms. The summed E-state index contributed by atoms with van der Waals surface area (Å²) in [6.07, 6.45) is 4.30. The molecule has 0 atom stereocenters. The van der Waals surface area contributed by atoms with E-state index in [-0.39, 0.29) is 11.5 Å². The van der Waals surface area contributed by atoms with Crippen molar-refractivity contribution in [2.45, 2.75) is 39.0 Å². The fraction of sp³-hybridized carbons (Fsp3) is 0.462. The molecule has 2 rings (SSSR count). The highest BCUT2D eigenvalue weighted by Crippen LogP contribution is 2.31. The fourth-order valence-electron chi connectivity index (χ4n) is 2.31. The van der Waals surface area contributed by atoms with Crippen LogP contribution in [0.5, 0.6) is 5.75 Å². The molecule has 0 aliphatic heterocycles. The maximum atomic E-state index is 11.8. The first-order chi connectivity index (χ1) is 7.24. The van der Waals surface area contributed by atoms with Crippen molar-refractivity contribution in [3.05, 3.63) is 28.8 Å². The molecule has 0 aromatic heterocycles. The van der Waals surface area contributed by atoms with Crippen LogP contribution in [0, 0.1) is 0 Å². The molecule has 80 valence electrons. The summed E-state index contributed by atoms with van der Waals surface area (Å²) in [5, 5.41) is 9.76. The minimum Gasteiger partial charge on any atom is -0.508 e. The van der Waals surface area contributed by atoms with Gasteiger partial charge in [-0.3, -0.25) is 4.79 Å². The number of hydrogen-bond donors (Lipinski definition) is 1. The molecule has 0 amide bonds. The van der Waals surface area contributed by atoms with E-state index in [1.807, 2.05) is 6.07 Å². The maximum Gasteiger partial charge on any atom is 0.163 e. The molecule has 0 spiro atoms. The van der Waals surface area contributed by atoms with E-state index in [2.05, 4.69) is 6.92 Å². The Balaban J connectivity index is 2.55. The Labute approximate surface area is 89.9 Å². The smallest absolute Gasteiger partial charge is 0.163 e. The average molecular weight is 204 g/mol. The Hall–Kier alpha value is -1.31. The van der Waals surface area contributed by atoms with E-state index in [0.717, 1.165) is 42.4 Å². The second-order valence-electron chi connectivity index (χ2n) is 4.12. The SMILES string of the molecule is CCCc1c(O)ccc2c1C(=O)CCC2. The van der Waals surface area contributed by atoms with E-state index in [1.54, 1.807) is 6.07 Å². The molecule has 1 aliphatic carbocycles. The molecule has 0 radical (unpaired) electrons. The zero-order valence-corrected chi connectivity index (χ0v) is 9.05. The van der Waals surface area contributed by atoms with Crippen LogP contribution in [0.3, 0.4) is 0 Å². The molecule has 1 aromatic rings. The van der Waals surface area contributed by atoms with Crippen molar-refractivity contribution in [3.8, 4) is 5.75 Å². The lowest BCUT2D eigenvalue weighted by molar-refractivity contribution is 0.0971. The van der Waals surface area contributed by atoms with E-state index in [0.29, 0.717) is 6.42 Å². The molecular weight excluding hydrogens is 188 g/mol. The minimum atomic E-state index is 0.204. The number of fused-ring (bicyclic) bond motifs is 1. The molecule has 0 saturated heterocycles. The van der Waals surface area contributed by atoms with E-state index >= 15 is 0 Å². The van der Waals surface area contributed by atoms with Crippen molar-refractivity contribution in [2.24, 2.45) is 0 Å². The molecule has 1 N–H and O–H groups in total. The molecule has 0 bridgehead atoms. The van der Waals surface area contributed by atoms with Gasteiger partial charge in [0.1, 0.15) is 5.75 Å². The van der Waals surface area contributed by atoms with Gasteiger partial charge in [-0.1, -0.05) is 19.4 Å². The van der Waals surface area contributed by atoms with Crippen LogP contribution >= 0.6 is 0 Å². The molecule has 2 heteroatoms. The number of phenols is 1. The number of aromatic hydroxyl groups is 1. The van der Waals surface area contributed by atoms with Gasteiger partial charge in [0.25, 0.3) is 0 Å². The average Bonchev–Trinajstić information content (AvgIpc) is 2.23. The summed E-state index contributed by atoms with van der Waals surface area (Å²) in [5.74, 6) is 0.487. The number of ketones is 1. The fourth-order valence-corrected chi connectivity index (χ4v) is 2.31. The van der Waals surface area contributed by atoms with Gasteiger partial charge in [-0.15, -0.1) is 0 Å². The van der Waals surface area contributed by atoms with E-state index in [9.17, 15) is 9.90 Å². The van der Waals surface area contributed by atoms with Gasteiger partial charge in [0.05, 0.1) is 0 Å². The van der Waals surface area contributed by atoms with Crippen molar-refractivity contribution < 1.29 is 9.90 Å². The normalized spacial score (nSPS) is 15.1. The van der Waals surface area contributed by atoms with Crippen LogP contribution in [0.2, 0.25) is 0 Å². The highest BCUT2D eigenvalue weighted by atomic mass is 16.3. The largest absolute Gasteiger partial charge is 0.508 e. The van der Waals surface area contributed by atoms with Crippen LogP contribution in [0.1, 0.15) is 47.7 Å². The predicted octanol–water partition coefficient (Wildman–Crippen LogP) is 2.86. The number of benzene rings is 1. The number of phenolic OH excluding ortho intramolecular Hbond substituents is 1. The molecule has 2 nitrogen and oxygen atoms in total. The Morgan fingerprint density at radius 3 is 2.87 bits per heavy atom. The Morgan fingerprint density at radius 1 is 1.33 bits per heavy atom. The first-order valence-electron chi connectivity index (χ1n) is 5.61. The standard InChI is InChI=1S/C13H16O2/c1-2-4-10-11(14)8-7-9-5-3-6-12(15)13(9)10/h7-8,14H,2-6H2,1H3. The Kier molecular flexibility index (Phi) is 2.76. The van der Waals surface area contributed by atoms with Gasteiger partial charge < -0.3 is 5.11 Å². The second-order valence-corrected chi connectivity index (χ2v) is 4.12. The van der Waals surface area contributed by atoms with Crippen molar-refractivity contribution in [1.29, 1.82) is 0 Å². The molecular formula is C13H16O2. The topological polar surface area (TPSA) is 37.3 Å². The molecule has 1 aromatic carbocycles. The van der Waals surface area contributed by atoms with Crippen molar-refractivity contribution in [1.82, 2.24) is 0 Å². The molecule has 0 saturated carbocycles. The van der Waals surface area contributed by atoms with Gasteiger partial charge in [0, 0.05) is 17.5 Å². The van der Waals surface area contributed by atoms with Crippen molar-refractivity contribution in [3.63, 3.8) is 0 Å². The lowest BCUT2D eigenvalue weighted by Crippen LogP contribution is -2.13. The third-order valence-corrected chi connectivity index (χ3v) is 3.00. The summed E-state index contributed by atoms with van der Waals surface area (Å²) in [6, 6.07) is 3.61. The second kappa shape index (κ2) is 4.05. The summed E-state index contributed by atoms with van der Waals surface area (Å²) in [5.41, 5.74) is 2.79. The van der Waals surface area contributed by atoms with Crippen LogP contribution in [-0.4, -0.2) is 10.9 Å². The van der Waals surface area contributed by atoms with E-state index in [1.165, 1.54) is 0 Å². The number of carbonyl (C=O) groups excluding carboxylic acids is 1. The highest BCUT2D eigenvalue weighted by molar-refractivity contribution is 6.00. The quantitative estimate of drug-likeness (QED) is 0.804. The van der Waals surface area contributed by atoms with Gasteiger partial charge in [-0.2, -0.15) is 0 Å². The van der Waals surface area contributed by atoms with Crippen LogP contribution in [0.25, 0.3) is 0 Å². The van der Waals surface area contributed by atoms with E-state index in [4.69, 9.17) is 0 Å². The number of Topliss-reactive ketones (excluding diaryl/α,β-unsaturated/α-hetero) is 1. The first kappa shape index (κ1) is 10.2. The van der Waals surface area contributed by atoms with Crippen LogP contribution in [0.4, 0.5) is 0 Å². The third-order valence-electron chi connectivity index (χ3n) is 3.00. The van der Waals surface area contributed by atoms with Crippen molar-refractivity contribution >= 4 is 5.78 Å². The maximum absolute atomic E-state index is 11.8. The highest BCUT2D eigenvalue weighted by Gasteiger charge is 2.22. The summed E-state index contributed by atoms with van der Waals surface area (Å²) in [4.78, 5) is 11.8. The lowest BCUT2D eigenvalue weighted by Gasteiger charge is -2.19. The Morgan fingerprint density at radius 2 is 2.13 bits per heavy atom. The van der Waals surface area contributed by atoms with Gasteiger partial charge in [0.2, 0.25) is 0 Å². The lowest BCUT2D eigenvalue weighted by atomic mass is 9.85. The predicted molar refractivity (Wildman–Crippen MR) is 59.4 cm³/mol. The summed E-state index contributed by atoms with van der Waals surface area (Å²) in [6.45, 7) is 2.06. The molecule has 1 aliphatic rings. The van der Waals surface area contributed by atoms with Gasteiger partial charge in [-0.05, 0) is 30.9 Å². The number of rotatable bonds is 2. The summed E-state index contributed by atoms with van der Waals surface area (Å²) in [7, 11) is 0. The Bertz CT molecular complexity index is 394. The summed E-state index contributed by atoms with van der Waals surface area (Å²) >= 11 is 0. The zero-order valence-electron chi connectivity index (χ0n) is 9.05. The number of aryl methyl sites for hydroxylation is 1. The summed E-state index contributed by atoms with van der Waals surface area (Å²) < 4.78 is 0. The number of carbonyl (C=O) groups is 1. The van der Waals surface area contributed by atoms with Crippen LogP contribution in [0.15, 0.2) is 12.1 Å². The van der Waals surface area contributed by atoms with Crippen LogP contribution < -0.4 is 0 Å².